The molecule has 3 aliphatic rings. The van der Waals surface area contributed by atoms with Crippen LogP contribution in [0.25, 0.3) is 0 Å². The molecular weight excluding hydrogens is 486 g/mol. The van der Waals surface area contributed by atoms with Gasteiger partial charge in [-0.2, -0.15) is 0 Å². The van der Waals surface area contributed by atoms with E-state index in [1.165, 1.54) is 0 Å². The summed E-state index contributed by atoms with van der Waals surface area (Å²) in [6.07, 6.45) is -24.8. The van der Waals surface area contributed by atoms with Crippen LogP contribution in [-0.2, 0) is 28.5 Å². The molecule has 12 N–H and O–H groups in total. The highest BCUT2D eigenvalue weighted by Crippen LogP contribution is 2.32. The van der Waals surface area contributed by atoms with Crippen molar-refractivity contribution in [3.63, 3.8) is 0 Å². The second-order valence-electron chi connectivity index (χ2n) is 8.44. The molecule has 0 spiro atoms. The molecule has 206 valence electrons. The molecule has 3 saturated heterocycles. The molecule has 35 heavy (non-hydrogen) atoms. The fraction of sp³-hybridized carbons (Fsp3) is 1.00. The van der Waals surface area contributed by atoms with E-state index in [-0.39, 0.29) is 0 Å². The lowest BCUT2D eigenvalue weighted by Crippen LogP contribution is -2.67. The van der Waals surface area contributed by atoms with Gasteiger partial charge in [0.05, 0.1) is 19.8 Å². The summed E-state index contributed by atoms with van der Waals surface area (Å²) in [5, 5.41) is 101. The average Bonchev–Trinajstić information content (AvgIpc) is 2.84. The molecule has 0 aromatic heterocycles. The Morgan fingerprint density at radius 2 is 0.886 bits per heavy atom. The van der Waals surface area contributed by atoms with E-state index in [1.54, 1.807) is 0 Å². The van der Waals surface area contributed by atoms with Crippen molar-refractivity contribution in [3.8, 4) is 0 Å². The van der Waals surface area contributed by atoms with Crippen molar-refractivity contribution in [2.24, 2.45) is 5.90 Å². The van der Waals surface area contributed by atoms with Crippen LogP contribution in [0.1, 0.15) is 0 Å². The summed E-state index contributed by atoms with van der Waals surface area (Å²) in [4.78, 5) is 4.54. The fourth-order valence-electron chi connectivity index (χ4n) is 4.19. The van der Waals surface area contributed by atoms with Crippen molar-refractivity contribution < 1.29 is 79.6 Å². The number of aliphatic hydroxyl groups is 10. The van der Waals surface area contributed by atoms with E-state index in [0.717, 1.165) is 0 Å². The van der Waals surface area contributed by atoms with Crippen LogP contribution in [0.4, 0.5) is 0 Å². The highest BCUT2D eigenvalue weighted by molar-refractivity contribution is 4.96. The number of rotatable bonds is 8. The number of nitrogens with two attached hydrogens (primary N) is 1. The summed E-state index contributed by atoms with van der Waals surface area (Å²) in [6, 6.07) is 0. The van der Waals surface area contributed by atoms with E-state index >= 15 is 0 Å². The van der Waals surface area contributed by atoms with Crippen molar-refractivity contribution in [1.82, 2.24) is 0 Å². The zero-order valence-corrected chi connectivity index (χ0v) is 18.3. The number of hydrogen-bond donors (Lipinski definition) is 11. The first-order chi connectivity index (χ1) is 16.6. The van der Waals surface area contributed by atoms with E-state index in [2.05, 4.69) is 4.84 Å². The highest BCUT2D eigenvalue weighted by atomic mass is 16.7. The predicted octanol–water partition coefficient (Wildman–Crippen LogP) is -7.67. The SMILES string of the molecule is NO[C@H]1[C@@H](O)[C@@H](CO)O[C@@H](O[C@H]2[C@@H](O)[C@@H](CO)O[C@@H](O[C@@H]3[C@@H](O)[C@H](O)O[C@H](CO)[C@@H]3O)[C@@H]2O)[C@@H]1O. The zero-order chi connectivity index (χ0) is 26.0. The van der Waals surface area contributed by atoms with Crippen LogP contribution in [0, 0.1) is 0 Å². The Labute approximate surface area is 198 Å². The van der Waals surface area contributed by atoms with Gasteiger partial charge in [0, 0.05) is 0 Å². The normalized spacial score (nSPS) is 51.3. The quantitative estimate of drug-likeness (QED) is 0.133. The van der Waals surface area contributed by atoms with Crippen LogP contribution >= 0.6 is 0 Å². The van der Waals surface area contributed by atoms with Crippen LogP contribution in [0.15, 0.2) is 0 Å². The van der Waals surface area contributed by atoms with E-state index < -0.39 is 112 Å². The van der Waals surface area contributed by atoms with Crippen LogP contribution < -0.4 is 5.90 Å². The second-order valence-corrected chi connectivity index (χ2v) is 8.44. The first kappa shape index (κ1) is 28.9. The standard InChI is InChI=1S/C18H33NO16/c19-35-15-9(25)6(3-22)32-18(12(15)28)34-14-8(24)5(2-21)31-17(11(14)27)33-13-7(23)4(1-20)30-16(29)10(13)26/h4-18,20-29H,1-3,19H2/t4-,5-,6-,7+,8+,9+,10-,11-,12-,13+,14+,15+,16-,17+,18+/m1/s1. The van der Waals surface area contributed by atoms with Crippen LogP contribution in [0.3, 0.4) is 0 Å². The summed E-state index contributed by atoms with van der Waals surface area (Å²) in [5.41, 5.74) is 0. The molecule has 17 heteroatoms. The smallest absolute Gasteiger partial charge is 0.187 e. The second kappa shape index (κ2) is 12.2. The minimum atomic E-state index is -1.91. The lowest BCUT2D eigenvalue weighted by atomic mass is 9.96. The monoisotopic (exact) mass is 519 g/mol. The van der Waals surface area contributed by atoms with Gasteiger partial charge in [0.25, 0.3) is 0 Å². The van der Waals surface area contributed by atoms with Gasteiger partial charge in [-0.3, -0.25) is 4.84 Å². The van der Waals surface area contributed by atoms with Crippen molar-refractivity contribution >= 4 is 0 Å². The number of aliphatic hydroxyl groups excluding tert-OH is 10. The Morgan fingerprint density at radius 1 is 0.514 bits per heavy atom. The Bertz CT molecular complexity index is 662. The van der Waals surface area contributed by atoms with E-state index in [1.807, 2.05) is 0 Å². The van der Waals surface area contributed by atoms with Gasteiger partial charge in [-0.1, -0.05) is 0 Å². The minimum Gasteiger partial charge on any atom is -0.394 e. The third-order valence-corrected chi connectivity index (χ3v) is 6.22. The van der Waals surface area contributed by atoms with Crippen LogP contribution in [-0.4, -0.2) is 163 Å². The van der Waals surface area contributed by atoms with Crippen molar-refractivity contribution in [1.29, 1.82) is 0 Å². The van der Waals surface area contributed by atoms with Gasteiger partial charge in [-0.05, 0) is 0 Å². The van der Waals surface area contributed by atoms with Crippen LogP contribution in [0.2, 0.25) is 0 Å². The molecule has 3 rings (SSSR count). The lowest BCUT2D eigenvalue weighted by Gasteiger charge is -2.48. The number of hydrogen-bond acceptors (Lipinski definition) is 17. The Balaban J connectivity index is 1.79. The molecule has 0 saturated carbocycles. The average molecular weight is 519 g/mol. The minimum absolute atomic E-state index is 0.731. The molecule has 3 heterocycles. The van der Waals surface area contributed by atoms with Crippen molar-refractivity contribution in [3.05, 3.63) is 0 Å². The van der Waals surface area contributed by atoms with Gasteiger partial charge in [0.1, 0.15) is 73.2 Å². The van der Waals surface area contributed by atoms with Crippen molar-refractivity contribution in [2.75, 3.05) is 19.8 Å². The van der Waals surface area contributed by atoms with E-state index in [0.29, 0.717) is 0 Å². The molecule has 0 amide bonds. The molecule has 15 atom stereocenters. The van der Waals surface area contributed by atoms with Gasteiger partial charge in [-0.25, -0.2) is 5.90 Å². The largest absolute Gasteiger partial charge is 0.394 e. The maximum Gasteiger partial charge on any atom is 0.187 e. The van der Waals surface area contributed by atoms with E-state index in [9.17, 15) is 51.1 Å². The summed E-state index contributed by atoms with van der Waals surface area (Å²) in [5.74, 6) is 5.10. The van der Waals surface area contributed by atoms with Gasteiger partial charge < -0.3 is 74.7 Å². The summed E-state index contributed by atoms with van der Waals surface area (Å²) in [7, 11) is 0. The Hall–Kier alpha value is -0.680. The topological polar surface area (TPSA) is 284 Å². The molecule has 17 nitrogen and oxygen atoms in total. The summed E-state index contributed by atoms with van der Waals surface area (Å²) in [6.45, 7) is -2.29. The van der Waals surface area contributed by atoms with Crippen molar-refractivity contribution in [2.45, 2.75) is 92.1 Å². The molecule has 0 aromatic rings. The van der Waals surface area contributed by atoms with E-state index in [4.69, 9.17) is 29.6 Å². The zero-order valence-electron chi connectivity index (χ0n) is 18.3. The third kappa shape index (κ3) is 5.76. The first-order valence-corrected chi connectivity index (χ1v) is 10.8. The molecule has 0 bridgehead atoms. The van der Waals surface area contributed by atoms with Gasteiger partial charge >= 0.3 is 0 Å². The van der Waals surface area contributed by atoms with Gasteiger partial charge in [0.2, 0.25) is 0 Å². The Kier molecular flexibility index (Phi) is 10.1. The predicted molar refractivity (Wildman–Crippen MR) is 104 cm³/mol. The molecule has 0 unspecified atom stereocenters. The van der Waals surface area contributed by atoms with Gasteiger partial charge in [0.15, 0.2) is 18.9 Å². The summed E-state index contributed by atoms with van der Waals surface area (Å²) < 4.78 is 26.4. The molecular formula is C18H33NO16. The molecule has 3 aliphatic heterocycles. The first-order valence-electron chi connectivity index (χ1n) is 10.8. The lowest BCUT2D eigenvalue weighted by molar-refractivity contribution is -0.380. The molecule has 0 aromatic carbocycles. The Morgan fingerprint density at radius 3 is 1.31 bits per heavy atom. The molecule has 3 fully saturated rings. The maximum atomic E-state index is 10.8. The third-order valence-electron chi connectivity index (χ3n) is 6.22. The van der Waals surface area contributed by atoms with Crippen LogP contribution in [0.5, 0.6) is 0 Å². The molecule has 0 aliphatic carbocycles. The molecule has 0 radical (unpaired) electrons. The fourth-order valence-corrected chi connectivity index (χ4v) is 4.19. The number of ether oxygens (including phenoxy) is 5. The maximum absolute atomic E-state index is 10.8. The highest BCUT2D eigenvalue weighted by Gasteiger charge is 2.53. The summed E-state index contributed by atoms with van der Waals surface area (Å²) >= 11 is 0. The van der Waals surface area contributed by atoms with Gasteiger partial charge in [-0.15, -0.1) is 0 Å².